The van der Waals surface area contributed by atoms with Crippen LogP contribution >= 0.6 is 0 Å². The van der Waals surface area contributed by atoms with Crippen molar-refractivity contribution in [3.63, 3.8) is 0 Å². The Morgan fingerprint density at radius 2 is 2.06 bits per heavy atom. The van der Waals surface area contributed by atoms with Gasteiger partial charge < -0.3 is 4.74 Å². The second-order valence-electron chi connectivity index (χ2n) is 3.93. The van der Waals surface area contributed by atoms with Gasteiger partial charge in [-0.2, -0.15) is 0 Å². The van der Waals surface area contributed by atoms with Gasteiger partial charge in [0.25, 0.3) is 0 Å². The number of nitrogens with zero attached hydrogens (tertiary/aromatic N) is 3. The fraction of sp³-hybridized carbons (Fsp3) is 0.429. The van der Waals surface area contributed by atoms with Crippen LogP contribution in [0.15, 0.2) is 25.3 Å². The van der Waals surface area contributed by atoms with Crippen LogP contribution in [0.25, 0.3) is 12.2 Å². The van der Waals surface area contributed by atoms with Gasteiger partial charge in [-0.25, -0.2) is 4.68 Å². The predicted molar refractivity (Wildman–Crippen MR) is 74.2 cm³/mol. The van der Waals surface area contributed by atoms with Crippen LogP contribution in [0.1, 0.15) is 32.9 Å². The third-order valence-electron chi connectivity index (χ3n) is 2.51. The predicted octanol–water partition coefficient (Wildman–Crippen LogP) is 1.55. The molecular formula is C14H21N3O. The summed E-state index contributed by atoms with van der Waals surface area (Å²) >= 11 is 0. The zero-order valence-corrected chi connectivity index (χ0v) is 11.2. The molecule has 18 heavy (non-hydrogen) atoms. The lowest BCUT2D eigenvalue weighted by Gasteiger charge is -2.12. The molecule has 0 saturated heterocycles. The van der Waals surface area contributed by atoms with Gasteiger partial charge >= 0.3 is 0 Å². The number of ether oxygens (including phenoxy) is 1. The van der Waals surface area contributed by atoms with E-state index in [0.29, 0.717) is 0 Å². The Balaban J connectivity index is 3.02. The number of hydrogen-bond donors (Lipinski definition) is 0. The van der Waals surface area contributed by atoms with Crippen molar-refractivity contribution in [3.8, 4) is 0 Å². The van der Waals surface area contributed by atoms with Crippen molar-refractivity contribution < 1.29 is 4.74 Å². The van der Waals surface area contributed by atoms with E-state index in [1.54, 1.807) is 16.8 Å². The Labute approximate surface area is 108 Å². The zero-order valence-electron chi connectivity index (χ0n) is 11.2. The van der Waals surface area contributed by atoms with Crippen LogP contribution in [-0.2, 0) is 4.74 Å². The molecule has 0 fully saturated rings. The van der Waals surface area contributed by atoms with E-state index < -0.39 is 0 Å². The Morgan fingerprint density at radius 1 is 1.33 bits per heavy atom. The van der Waals surface area contributed by atoms with E-state index in [2.05, 4.69) is 30.4 Å². The van der Waals surface area contributed by atoms with E-state index in [1.807, 2.05) is 19.1 Å². The first kappa shape index (κ1) is 14.4. The highest BCUT2D eigenvalue weighted by atomic mass is 16.5. The molecule has 1 unspecified atom stereocenters. The molecule has 1 heterocycles. The van der Waals surface area contributed by atoms with Gasteiger partial charge in [-0.05, 0) is 25.5 Å². The van der Waals surface area contributed by atoms with Crippen LogP contribution in [0, 0.1) is 0 Å². The van der Waals surface area contributed by atoms with Gasteiger partial charge in [-0.1, -0.05) is 43.9 Å². The lowest BCUT2D eigenvalue weighted by molar-refractivity contribution is 0.00330. The Bertz CT molecular complexity index is 502. The Hall–Kier alpha value is -1.68. The average molecular weight is 247 g/mol. The van der Waals surface area contributed by atoms with Crippen molar-refractivity contribution in [2.75, 3.05) is 6.61 Å². The molecule has 0 bridgehead atoms. The summed E-state index contributed by atoms with van der Waals surface area (Å²) in [4.78, 5) is 0. The summed E-state index contributed by atoms with van der Waals surface area (Å²) in [6.07, 6.45) is 9.12. The summed E-state index contributed by atoms with van der Waals surface area (Å²) in [5.74, 6) is 0. The maximum Gasteiger partial charge on any atom is 0.149 e. The highest BCUT2D eigenvalue weighted by molar-refractivity contribution is 5.38. The number of hydrogen-bond acceptors (Lipinski definition) is 3. The summed E-state index contributed by atoms with van der Waals surface area (Å²) in [5.41, 5.74) is 0. The molecule has 0 aliphatic carbocycles. The van der Waals surface area contributed by atoms with Gasteiger partial charge in [0.05, 0.1) is 5.35 Å². The minimum Gasteiger partial charge on any atom is -0.357 e. The standard InChI is InChI=1S/C14H21N3O/c1-5-8-11-18-12(4)17-14(10-7-3)13(9-6-2)15-16-17/h6-7,9-10,12H,2-3,5,8,11H2,1,4H3/b13-9+,14-10+. The first-order valence-corrected chi connectivity index (χ1v) is 6.22. The number of allylic oxidation sites excluding steroid dienone is 2. The number of rotatable bonds is 7. The van der Waals surface area contributed by atoms with Crippen molar-refractivity contribution in [1.29, 1.82) is 0 Å². The summed E-state index contributed by atoms with van der Waals surface area (Å²) < 4.78 is 7.47. The van der Waals surface area contributed by atoms with Gasteiger partial charge in [0, 0.05) is 6.61 Å². The summed E-state index contributed by atoms with van der Waals surface area (Å²) in [7, 11) is 0. The summed E-state index contributed by atoms with van der Waals surface area (Å²) in [5, 5.41) is 9.87. The van der Waals surface area contributed by atoms with Crippen LogP contribution in [0.2, 0.25) is 0 Å². The SMILES string of the molecule is C=C/C=c1/nnn(C(C)OCCCC)/c1=C/C=C. The highest BCUT2D eigenvalue weighted by Crippen LogP contribution is 2.02. The zero-order chi connectivity index (χ0) is 13.4. The second-order valence-corrected chi connectivity index (χ2v) is 3.93. The average Bonchev–Trinajstić information content (AvgIpc) is 2.74. The van der Waals surface area contributed by atoms with Crippen LogP contribution in [0.4, 0.5) is 0 Å². The smallest absolute Gasteiger partial charge is 0.149 e. The molecule has 0 saturated carbocycles. The van der Waals surface area contributed by atoms with Crippen molar-refractivity contribution in [1.82, 2.24) is 15.0 Å². The van der Waals surface area contributed by atoms with Gasteiger partial charge in [0.2, 0.25) is 0 Å². The monoisotopic (exact) mass is 247 g/mol. The molecule has 0 aliphatic heterocycles. The number of aromatic nitrogens is 3. The van der Waals surface area contributed by atoms with Crippen LogP contribution < -0.4 is 10.7 Å². The first-order valence-electron chi connectivity index (χ1n) is 6.22. The molecular weight excluding hydrogens is 226 g/mol. The van der Waals surface area contributed by atoms with Gasteiger partial charge in [-0.3, -0.25) is 0 Å². The van der Waals surface area contributed by atoms with E-state index in [1.165, 1.54) is 0 Å². The van der Waals surface area contributed by atoms with Crippen molar-refractivity contribution >= 4 is 12.2 Å². The Morgan fingerprint density at radius 3 is 2.67 bits per heavy atom. The van der Waals surface area contributed by atoms with E-state index in [-0.39, 0.29) is 6.23 Å². The summed E-state index contributed by atoms with van der Waals surface area (Å²) in [6, 6.07) is 0. The number of unbranched alkanes of at least 4 members (excludes halogenated alkanes) is 1. The normalized spacial score (nSPS) is 14.8. The van der Waals surface area contributed by atoms with Crippen LogP contribution in [0.5, 0.6) is 0 Å². The topological polar surface area (TPSA) is 39.9 Å². The second kappa shape index (κ2) is 7.61. The quantitative estimate of drug-likeness (QED) is 0.686. The fourth-order valence-electron chi connectivity index (χ4n) is 1.55. The highest BCUT2D eigenvalue weighted by Gasteiger charge is 2.08. The first-order chi connectivity index (χ1) is 8.74. The lowest BCUT2D eigenvalue weighted by Crippen LogP contribution is -2.32. The molecule has 4 nitrogen and oxygen atoms in total. The third-order valence-corrected chi connectivity index (χ3v) is 2.51. The van der Waals surface area contributed by atoms with E-state index >= 15 is 0 Å². The van der Waals surface area contributed by atoms with Crippen LogP contribution in [-0.4, -0.2) is 21.6 Å². The summed E-state index contributed by atoms with van der Waals surface area (Å²) in [6.45, 7) is 12.2. The van der Waals surface area contributed by atoms with Crippen molar-refractivity contribution in [2.45, 2.75) is 32.9 Å². The van der Waals surface area contributed by atoms with Crippen molar-refractivity contribution in [2.24, 2.45) is 0 Å². The van der Waals surface area contributed by atoms with E-state index in [4.69, 9.17) is 4.74 Å². The molecule has 0 N–H and O–H groups in total. The molecule has 1 rings (SSSR count). The molecule has 0 aliphatic rings. The molecule has 4 heteroatoms. The maximum absolute atomic E-state index is 5.71. The Kier molecular flexibility index (Phi) is 6.08. The lowest BCUT2D eigenvalue weighted by atomic mass is 10.4. The molecule has 1 atom stereocenters. The van der Waals surface area contributed by atoms with Crippen LogP contribution in [0.3, 0.4) is 0 Å². The molecule has 0 aromatic carbocycles. The van der Waals surface area contributed by atoms with Gasteiger partial charge in [-0.15, -0.1) is 5.10 Å². The van der Waals surface area contributed by atoms with Gasteiger partial charge in [0.1, 0.15) is 11.6 Å². The molecule has 0 radical (unpaired) electrons. The van der Waals surface area contributed by atoms with E-state index in [9.17, 15) is 0 Å². The molecule has 0 amide bonds. The largest absolute Gasteiger partial charge is 0.357 e. The van der Waals surface area contributed by atoms with Gasteiger partial charge in [0.15, 0.2) is 0 Å². The fourth-order valence-corrected chi connectivity index (χ4v) is 1.55. The molecule has 1 aromatic heterocycles. The molecule has 0 spiro atoms. The van der Waals surface area contributed by atoms with Crippen molar-refractivity contribution in [3.05, 3.63) is 36.0 Å². The molecule has 98 valence electrons. The minimum absolute atomic E-state index is 0.137. The van der Waals surface area contributed by atoms with E-state index in [0.717, 1.165) is 30.1 Å². The maximum atomic E-state index is 5.71. The third kappa shape index (κ3) is 3.67. The molecule has 1 aromatic rings. The minimum atomic E-state index is -0.137.